The summed E-state index contributed by atoms with van der Waals surface area (Å²) in [7, 11) is 0. The molecule has 0 aromatic carbocycles. The van der Waals surface area contributed by atoms with Gasteiger partial charge in [-0.25, -0.2) is 4.39 Å². The number of carboxylic acid groups (broad SMARTS) is 1. The van der Waals surface area contributed by atoms with Gasteiger partial charge in [0.15, 0.2) is 16.9 Å². The number of aliphatic carboxylic acids is 1. The van der Waals surface area contributed by atoms with Crippen molar-refractivity contribution in [3.8, 4) is 0 Å². The average molecular weight is 497 g/mol. The fraction of sp³-hybridized carbons (Fsp3) is 0.720. The highest BCUT2D eigenvalue weighted by Gasteiger charge is 2.75. The standard InChI is InChI=1S/C25H33FO7S/c1-13-10-17-16-5-4-14-11-15(27)6-8-22(14,2)24(16,26)18(28)12-23(17,3)25(13,33)20(31)21(32)34-9-7-19(29)30/h6,8,11,13,16-18,21,28,32-33H,4-5,7,9-10,12H2,1-3H3,(H,29,30)/t13-,16?,17?,18+,21?,22+,23+,24+,25+/m1/s1. The van der Waals surface area contributed by atoms with Crippen molar-refractivity contribution in [2.75, 3.05) is 5.75 Å². The number of ketones is 2. The first-order valence-corrected chi connectivity index (χ1v) is 12.9. The molecule has 4 aliphatic carbocycles. The average Bonchev–Trinajstić information content (AvgIpc) is 2.96. The van der Waals surface area contributed by atoms with Crippen LogP contribution in [0.25, 0.3) is 0 Å². The van der Waals surface area contributed by atoms with Crippen molar-refractivity contribution in [1.29, 1.82) is 0 Å². The van der Waals surface area contributed by atoms with E-state index in [0.29, 0.717) is 24.8 Å². The van der Waals surface area contributed by atoms with Gasteiger partial charge in [-0.15, -0.1) is 11.8 Å². The number of hydrogen-bond donors (Lipinski definition) is 4. The Morgan fingerprint density at radius 3 is 2.62 bits per heavy atom. The predicted octanol–water partition coefficient (Wildman–Crippen LogP) is 2.43. The quantitative estimate of drug-likeness (QED) is 0.412. The number of thioether (sulfide) groups is 1. The number of fused-ring (bicyclic) bond motifs is 5. The Balaban J connectivity index is 1.69. The second kappa shape index (κ2) is 8.25. The number of carboxylic acids is 1. The third kappa shape index (κ3) is 3.23. The lowest BCUT2D eigenvalue weighted by Gasteiger charge is -2.62. The highest BCUT2D eigenvalue weighted by atomic mass is 32.2. The first-order valence-electron chi connectivity index (χ1n) is 11.8. The van der Waals surface area contributed by atoms with Crippen molar-refractivity contribution in [2.45, 2.75) is 75.7 Å². The normalized spacial score (nSPS) is 46.2. The third-order valence-corrected chi connectivity index (χ3v) is 10.4. The lowest BCUT2D eigenvalue weighted by atomic mass is 9.44. The number of aliphatic hydroxyl groups is 3. The number of aliphatic hydroxyl groups excluding tert-OH is 2. The summed E-state index contributed by atoms with van der Waals surface area (Å²) in [4.78, 5) is 36.1. The van der Waals surface area contributed by atoms with Gasteiger partial charge >= 0.3 is 5.97 Å². The van der Waals surface area contributed by atoms with E-state index in [-0.39, 0.29) is 24.4 Å². The minimum Gasteiger partial charge on any atom is -0.481 e. The molecule has 0 bridgehead atoms. The van der Waals surface area contributed by atoms with Crippen molar-refractivity contribution in [2.24, 2.45) is 28.6 Å². The van der Waals surface area contributed by atoms with E-state index in [1.807, 2.05) is 0 Å². The SMILES string of the molecule is C[C@@H]1CC2C3CCC4=CC(=O)C=C[C@]4(C)[C@@]3(F)[C@@H](O)C[C@]2(C)[C@@]1(O)C(=O)C(O)SCCC(=O)O. The van der Waals surface area contributed by atoms with Crippen LogP contribution in [0.15, 0.2) is 23.8 Å². The number of alkyl halides is 1. The highest BCUT2D eigenvalue weighted by Crippen LogP contribution is 2.70. The Morgan fingerprint density at radius 2 is 1.97 bits per heavy atom. The van der Waals surface area contributed by atoms with Crippen molar-refractivity contribution < 1.29 is 39.2 Å². The van der Waals surface area contributed by atoms with Crippen LogP contribution in [0.2, 0.25) is 0 Å². The smallest absolute Gasteiger partial charge is 0.304 e. The lowest BCUT2D eigenvalue weighted by Crippen LogP contribution is -2.69. The molecule has 9 atom stereocenters. The van der Waals surface area contributed by atoms with Gasteiger partial charge in [0, 0.05) is 22.5 Å². The van der Waals surface area contributed by atoms with Gasteiger partial charge in [-0.1, -0.05) is 25.5 Å². The summed E-state index contributed by atoms with van der Waals surface area (Å²) < 4.78 is 17.1. The van der Waals surface area contributed by atoms with Crippen molar-refractivity contribution >= 4 is 29.3 Å². The third-order valence-electron chi connectivity index (χ3n) is 9.41. The largest absolute Gasteiger partial charge is 0.481 e. The summed E-state index contributed by atoms with van der Waals surface area (Å²) >= 11 is 0.756. The zero-order valence-electron chi connectivity index (χ0n) is 19.7. The van der Waals surface area contributed by atoms with Gasteiger partial charge in [-0.05, 0) is 56.6 Å². The van der Waals surface area contributed by atoms with Gasteiger partial charge in [0.25, 0.3) is 0 Å². The summed E-state index contributed by atoms with van der Waals surface area (Å²) in [6, 6.07) is 0. The van der Waals surface area contributed by atoms with Gasteiger partial charge in [0.05, 0.1) is 12.5 Å². The number of halogens is 1. The molecular weight excluding hydrogens is 463 g/mol. The van der Waals surface area contributed by atoms with Crippen LogP contribution >= 0.6 is 11.8 Å². The first-order chi connectivity index (χ1) is 15.7. The van der Waals surface area contributed by atoms with Crippen LogP contribution in [0.4, 0.5) is 4.39 Å². The van der Waals surface area contributed by atoms with Crippen LogP contribution in [0.5, 0.6) is 0 Å². The van der Waals surface area contributed by atoms with E-state index in [4.69, 9.17) is 5.11 Å². The number of Topliss-reactive ketones (excluding diaryl/α,β-unsaturated/α-hetero) is 1. The molecule has 9 heteroatoms. The molecular formula is C25H33FO7S. The molecule has 34 heavy (non-hydrogen) atoms. The summed E-state index contributed by atoms with van der Waals surface area (Å²) in [6.45, 7) is 5.11. The van der Waals surface area contributed by atoms with Gasteiger partial charge in [-0.3, -0.25) is 14.4 Å². The second-order valence-corrected chi connectivity index (χ2v) is 12.1. The lowest BCUT2D eigenvalue weighted by molar-refractivity contribution is -0.220. The number of carbonyl (C=O) groups is 3. The Bertz CT molecular complexity index is 980. The summed E-state index contributed by atoms with van der Waals surface area (Å²) in [5.74, 6) is -3.73. The van der Waals surface area contributed by atoms with E-state index in [9.17, 15) is 29.7 Å². The maximum Gasteiger partial charge on any atom is 0.304 e. The molecule has 3 saturated carbocycles. The molecule has 7 nitrogen and oxygen atoms in total. The Morgan fingerprint density at radius 1 is 1.29 bits per heavy atom. The molecule has 0 heterocycles. The van der Waals surface area contributed by atoms with Crippen LogP contribution in [-0.4, -0.2) is 66.5 Å². The molecule has 0 aromatic heterocycles. The molecule has 3 fully saturated rings. The molecule has 0 aliphatic heterocycles. The van der Waals surface area contributed by atoms with E-state index in [1.54, 1.807) is 26.8 Å². The van der Waals surface area contributed by atoms with Crippen LogP contribution in [0, 0.1) is 28.6 Å². The van der Waals surface area contributed by atoms with Crippen LogP contribution in [0.1, 0.15) is 52.9 Å². The van der Waals surface area contributed by atoms with Crippen molar-refractivity contribution in [3.05, 3.63) is 23.8 Å². The maximum absolute atomic E-state index is 17.1. The molecule has 4 rings (SSSR count). The molecule has 0 aromatic rings. The molecule has 3 unspecified atom stereocenters. The van der Waals surface area contributed by atoms with Crippen molar-refractivity contribution in [1.82, 2.24) is 0 Å². The van der Waals surface area contributed by atoms with Gasteiger partial charge in [-0.2, -0.15) is 0 Å². The highest BCUT2D eigenvalue weighted by molar-refractivity contribution is 8.00. The summed E-state index contributed by atoms with van der Waals surface area (Å²) in [5, 5.41) is 42.5. The fourth-order valence-corrected chi connectivity index (χ4v) is 8.44. The van der Waals surface area contributed by atoms with E-state index in [1.165, 1.54) is 12.2 Å². The van der Waals surface area contributed by atoms with Crippen molar-refractivity contribution in [3.63, 3.8) is 0 Å². The summed E-state index contributed by atoms with van der Waals surface area (Å²) in [5.41, 5.74) is -7.37. The Kier molecular flexibility index (Phi) is 6.20. The molecule has 0 radical (unpaired) electrons. The van der Waals surface area contributed by atoms with E-state index < -0.39 is 63.1 Å². The van der Waals surface area contributed by atoms with Crippen LogP contribution in [0.3, 0.4) is 0 Å². The first kappa shape index (κ1) is 25.5. The van der Waals surface area contributed by atoms with Gasteiger partial charge in [0.1, 0.15) is 5.60 Å². The molecule has 0 spiro atoms. The molecule has 4 N–H and O–H groups in total. The zero-order chi connectivity index (χ0) is 25.3. The van der Waals surface area contributed by atoms with E-state index >= 15 is 4.39 Å². The van der Waals surface area contributed by atoms with Gasteiger partial charge in [0.2, 0.25) is 5.78 Å². The monoisotopic (exact) mass is 496 g/mol. The van der Waals surface area contributed by atoms with Crippen LogP contribution < -0.4 is 0 Å². The molecule has 0 amide bonds. The molecule has 0 saturated heterocycles. The minimum absolute atomic E-state index is 0.00417. The molecule has 188 valence electrons. The zero-order valence-corrected chi connectivity index (χ0v) is 20.5. The topological polar surface area (TPSA) is 132 Å². The molecule has 4 aliphatic rings. The Labute approximate surface area is 202 Å². The number of allylic oxidation sites excluding steroid dienone is 4. The van der Waals surface area contributed by atoms with Crippen LogP contribution in [-0.2, 0) is 14.4 Å². The maximum atomic E-state index is 17.1. The minimum atomic E-state index is -2.07. The fourth-order valence-electron chi connectivity index (χ4n) is 7.59. The number of hydrogen-bond acceptors (Lipinski definition) is 7. The van der Waals surface area contributed by atoms with E-state index in [0.717, 1.165) is 11.8 Å². The number of carbonyl (C=O) groups excluding carboxylic acids is 2. The second-order valence-electron chi connectivity index (χ2n) is 10.9. The van der Waals surface area contributed by atoms with Gasteiger partial charge < -0.3 is 20.4 Å². The number of rotatable bonds is 6. The summed E-state index contributed by atoms with van der Waals surface area (Å²) in [6.07, 6.45) is 3.67. The Hall–Kier alpha value is -1.55. The predicted molar refractivity (Wildman–Crippen MR) is 124 cm³/mol. The van der Waals surface area contributed by atoms with E-state index in [2.05, 4.69) is 0 Å².